The van der Waals surface area contributed by atoms with E-state index in [4.69, 9.17) is 9.84 Å². The topological polar surface area (TPSA) is 95.9 Å². The molecule has 1 saturated carbocycles. The Balaban J connectivity index is 2.31. The molecule has 19 heavy (non-hydrogen) atoms. The van der Waals surface area contributed by atoms with Crippen molar-refractivity contribution in [1.82, 2.24) is 9.03 Å². The van der Waals surface area contributed by atoms with Crippen molar-refractivity contribution in [2.45, 2.75) is 38.1 Å². The van der Waals surface area contributed by atoms with Crippen molar-refractivity contribution in [3.05, 3.63) is 0 Å². The minimum Gasteiger partial charge on any atom is -0.480 e. The van der Waals surface area contributed by atoms with E-state index in [0.29, 0.717) is 0 Å². The van der Waals surface area contributed by atoms with E-state index in [-0.39, 0.29) is 19.2 Å². The first-order chi connectivity index (χ1) is 8.93. The monoisotopic (exact) mass is 294 g/mol. The molecule has 2 N–H and O–H groups in total. The number of carboxylic acids is 1. The summed E-state index contributed by atoms with van der Waals surface area (Å²) < 4.78 is 32.5. The van der Waals surface area contributed by atoms with Gasteiger partial charge in [0, 0.05) is 19.6 Å². The van der Waals surface area contributed by atoms with Crippen molar-refractivity contribution in [1.29, 1.82) is 0 Å². The summed E-state index contributed by atoms with van der Waals surface area (Å²) in [5.74, 6) is -1.07. The average molecular weight is 294 g/mol. The number of ether oxygens (including phenoxy) is 1. The summed E-state index contributed by atoms with van der Waals surface area (Å²) in [6.07, 6.45) is 5.08. The molecule has 0 unspecified atom stereocenters. The molecule has 0 bridgehead atoms. The molecular formula is C11H22N2O5S. The molecule has 1 aliphatic rings. The first-order valence-corrected chi connectivity index (χ1v) is 7.89. The zero-order valence-electron chi connectivity index (χ0n) is 11.2. The van der Waals surface area contributed by atoms with Crippen LogP contribution in [0.2, 0.25) is 0 Å². The third kappa shape index (κ3) is 5.85. The standard InChI is InChI=1S/C11H22N2O5S/c1-13(10-5-3-2-4-6-10)19(16,17)12-7-8-18-9-11(14)15/h10,12H,2-9H2,1H3,(H,14,15). The maximum absolute atomic E-state index is 12.0. The number of carbonyl (C=O) groups is 1. The van der Waals surface area contributed by atoms with Crippen LogP contribution in [-0.4, -0.2) is 56.6 Å². The van der Waals surface area contributed by atoms with Gasteiger partial charge in [-0.1, -0.05) is 19.3 Å². The lowest BCUT2D eigenvalue weighted by atomic mass is 9.96. The Morgan fingerprint density at radius 3 is 2.58 bits per heavy atom. The molecule has 1 aliphatic carbocycles. The highest BCUT2D eigenvalue weighted by Gasteiger charge is 2.26. The molecule has 112 valence electrons. The van der Waals surface area contributed by atoms with Gasteiger partial charge in [-0.15, -0.1) is 0 Å². The van der Waals surface area contributed by atoms with Gasteiger partial charge >= 0.3 is 5.97 Å². The van der Waals surface area contributed by atoms with Crippen LogP contribution in [0.15, 0.2) is 0 Å². The van der Waals surface area contributed by atoms with Gasteiger partial charge in [-0.3, -0.25) is 0 Å². The molecule has 0 saturated heterocycles. The van der Waals surface area contributed by atoms with E-state index in [1.54, 1.807) is 7.05 Å². The number of hydrogen-bond donors (Lipinski definition) is 2. The van der Waals surface area contributed by atoms with Crippen LogP contribution < -0.4 is 4.72 Å². The summed E-state index contributed by atoms with van der Waals surface area (Å²) in [6, 6.07) is 0.0613. The Hall–Kier alpha value is -0.700. The summed E-state index contributed by atoms with van der Waals surface area (Å²) in [5, 5.41) is 8.36. The Morgan fingerprint density at radius 1 is 1.37 bits per heavy atom. The van der Waals surface area contributed by atoms with E-state index in [0.717, 1.165) is 25.7 Å². The minimum absolute atomic E-state index is 0.0457. The molecule has 0 atom stereocenters. The van der Waals surface area contributed by atoms with Crippen molar-refractivity contribution >= 4 is 16.2 Å². The molecule has 7 nitrogen and oxygen atoms in total. The molecule has 1 rings (SSSR count). The third-order valence-electron chi connectivity index (χ3n) is 3.22. The van der Waals surface area contributed by atoms with Crippen molar-refractivity contribution in [2.24, 2.45) is 0 Å². The Kier molecular flexibility index (Phi) is 6.70. The van der Waals surface area contributed by atoms with Gasteiger partial charge in [0.2, 0.25) is 0 Å². The number of rotatable bonds is 8. The zero-order valence-corrected chi connectivity index (χ0v) is 12.0. The van der Waals surface area contributed by atoms with Gasteiger partial charge in [0.1, 0.15) is 6.61 Å². The van der Waals surface area contributed by atoms with Crippen LogP contribution in [0.1, 0.15) is 32.1 Å². The van der Waals surface area contributed by atoms with E-state index in [2.05, 4.69) is 4.72 Å². The Labute approximate surface area is 114 Å². The number of nitrogens with zero attached hydrogens (tertiary/aromatic N) is 1. The maximum Gasteiger partial charge on any atom is 0.329 e. The largest absolute Gasteiger partial charge is 0.480 e. The Bertz CT molecular complexity index is 379. The highest BCUT2D eigenvalue weighted by atomic mass is 32.2. The SMILES string of the molecule is CN(C1CCCCC1)S(=O)(=O)NCCOCC(=O)O. The summed E-state index contributed by atoms with van der Waals surface area (Å²) in [6.45, 7) is -0.295. The molecule has 0 aromatic carbocycles. The van der Waals surface area contributed by atoms with E-state index >= 15 is 0 Å². The zero-order chi connectivity index (χ0) is 14.3. The summed E-state index contributed by atoms with van der Waals surface area (Å²) in [7, 11) is -1.92. The van der Waals surface area contributed by atoms with Gasteiger partial charge < -0.3 is 9.84 Å². The fraction of sp³-hybridized carbons (Fsp3) is 0.909. The van der Waals surface area contributed by atoms with Gasteiger partial charge in [-0.2, -0.15) is 17.4 Å². The molecule has 0 heterocycles. The highest BCUT2D eigenvalue weighted by molar-refractivity contribution is 7.87. The molecule has 0 aromatic rings. The second kappa shape index (κ2) is 7.78. The van der Waals surface area contributed by atoms with Crippen molar-refractivity contribution in [2.75, 3.05) is 26.8 Å². The van der Waals surface area contributed by atoms with Crippen LogP contribution >= 0.6 is 0 Å². The lowest BCUT2D eigenvalue weighted by Crippen LogP contribution is -2.45. The second-order valence-electron chi connectivity index (χ2n) is 4.65. The number of aliphatic carboxylic acids is 1. The van der Waals surface area contributed by atoms with Crippen LogP contribution in [0, 0.1) is 0 Å². The van der Waals surface area contributed by atoms with Crippen LogP contribution in [0.5, 0.6) is 0 Å². The molecular weight excluding hydrogens is 272 g/mol. The van der Waals surface area contributed by atoms with Gasteiger partial charge in [-0.05, 0) is 12.8 Å². The molecule has 8 heteroatoms. The van der Waals surface area contributed by atoms with Gasteiger partial charge in [0.25, 0.3) is 10.2 Å². The van der Waals surface area contributed by atoms with E-state index < -0.39 is 22.8 Å². The summed E-state index contributed by atoms with van der Waals surface area (Å²) >= 11 is 0. The van der Waals surface area contributed by atoms with Crippen LogP contribution in [0.25, 0.3) is 0 Å². The van der Waals surface area contributed by atoms with Crippen LogP contribution in [0.3, 0.4) is 0 Å². The smallest absolute Gasteiger partial charge is 0.329 e. The fourth-order valence-electron chi connectivity index (χ4n) is 2.15. The number of nitrogens with one attached hydrogen (secondary N) is 1. The first kappa shape index (κ1) is 16.4. The molecule has 0 radical (unpaired) electrons. The average Bonchev–Trinajstić information content (AvgIpc) is 2.38. The van der Waals surface area contributed by atoms with Crippen molar-refractivity contribution < 1.29 is 23.1 Å². The lowest BCUT2D eigenvalue weighted by molar-refractivity contribution is -0.142. The minimum atomic E-state index is -3.50. The first-order valence-electron chi connectivity index (χ1n) is 6.45. The quantitative estimate of drug-likeness (QED) is 0.623. The second-order valence-corrected chi connectivity index (χ2v) is 6.47. The number of hydrogen-bond acceptors (Lipinski definition) is 4. The van der Waals surface area contributed by atoms with Crippen LogP contribution in [0.4, 0.5) is 0 Å². The predicted molar refractivity (Wildman–Crippen MR) is 70.0 cm³/mol. The maximum atomic E-state index is 12.0. The fourth-order valence-corrected chi connectivity index (χ4v) is 3.29. The van der Waals surface area contributed by atoms with E-state index in [1.165, 1.54) is 10.7 Å². The molecule has 0 amide bonds. The van der Waals surface area contributed by atoms with Gasteiger partial charge in [0.15, 0.2) is 0 Å². The van der Waals surface area contributed by atoms with Crippen molar-refractivity contribution in [3.63, 3.8) is 0 Å². The van der Waals surface area contributed by atoms with Gasteiger partial charge in [-0.25, -0.2) is 4.79 Å². The molecule has 0 spiro atoms. The molecule has 0 aliphatic heterocycles. The highest BCUT2D eigenvalue weighted by Crippen LogP contribution is 2.22. The summed E-state index contributed by atoms with van der Waals surface area (Å²) in [4.78, 5) is 10.2. The van der Waals surface area contributed by atoms with Crippen molar-refractivity contribution in [3.8, 4) is 0 Å². The molecule has 0 aromatic heterocycles. The molecule has 1 fully saturated rings. The lowest BCUT2D eigenvalue weighted by Gasteiger charge is -2.30. The van der Waals surface area contributed by atoms with Gasteiger partial charge in [0.05, 0.1) is 6.61 Å². The van der Waals surface area contributed by atoms with Crippen LogP contribution in [-0.2, 0) is 19.7 Å². The number of carboxylic acid groups (broad SMARTS) is 1. The van der Waals surface area contributed by atoms with E-state index in [9.17, 15) is 13.2 Å². The predicted octanol–water partition coefficient (Wildman–Crippen LogP) is 0.187. The normalized spacial score (nSPS) is 17.8. The third-order valence-corrected chi connectivity index (χ3v) is 4.85. The summed E-state index contributed by atoms with van der Waals surface area (Å²) in [5.41, 5.74) is 0. The Morgan fingerprint density at radius 2 is 2.00 bits per heavy atom. The van der Waals surface area contributed by atoms with E-state index in [1.807, 2.05) is 0 Å².